The molecular weight excluding hydrogens is 755 g/mol. The highest BCUT2D eigenvalue weighted by Crippen LogP contribution is 2.42. The van der Waals surface area contributed by atoms with Crippen LogP contribution < -0.4 is 0 Å². The van der Waals surface area contributed by atoms with Crippen molar-refractivity contribution in [3.8, 4) is 78.7 Å². The average molecular weight is 790 g/mol. The maximum Gasteiger partial charge on any atom is 0.187 e. The van der Waals surface area contributed by atoms with E-state index in [-0.39, 0.29) is 0 Å². The van der Waals surface area contributed by atoms with E-state index in [0.717, 1.165) is 82.9 Å². The van der Waals surface area contributed by atoms with Crippen LogP contribution in [0.25, 0.3) is 116 Å². The second-order valence-electron chi connectivity index (χ2n) is 15.3. The Labute approximate surface area is 359 Å². The summed E-state index contributed by atoms with van der Waals surface area (Å²) in [4.78, 5) is 23.8. The molecule has 11 aromatic rings. The molecule has 0 amide bonds. The zero-order chi connectivity index (χ0) is 41.4. The molecule has 0 aliphatic carbocycles. The van der Waals surface area contributed by atoms with Crippen molar-refractivity contribution in [2.75, 3.05) is 0 Å². The van der Waals surface area contributed by atoms with Crippen molar-refractivity contribution in [3.63, 3.8) is 0 Å². The van der Waals surface area contributed by atoms with Crippen LogP contribution in [-0.2, 0) is 0 Å². The fourth-order valence-corrected chi connectivity index (χ4v) is 8.50. The van der Waals surface area contributed by atoms with Gasteiger partial charge in [-0.25, -0.2) is 19.8 Å². The predicted octanol–water partition coefficient (Wildman–Crippen LogP) is 14.9. The van der Waals surface area contributed by atoms with Crippen molar-refractivity contribution < 1.29 is 0 Å². The smallest absolute Gasteiger partial charge is 0.187 e. The zero-order valence-corrected chi connectivity index (χ0v) is 33.4. The summed E-state index contributed by atoms with van der Waals surface area (Å²) in [5.41, 5.74) is 13.1. The highest BCUT2D eigenvalue weighted by atomic mass is 15.0. The van der Waals surface area contributed by atoms with Gasteiger partial charge in [-0.05, 0) is 90.8 Å². The standard InChI is InChI=1S/C57H35N5/c1-58-46-30-28-39(29-31-46)38-24-26-40(27-25-38)51-36-52-48-22-9-8-21-47(48)50(35-53(52)49-23-12-32-59-54(49)51)43-18-11-20-45(34-43)57-61-55(41-15-6-3-7-16-41)60-56(62-57)44-19-10-17-42(33-44)37-13-4-2-5-14-37/h2-36H. The van der Waals surface area contributed by atoms with E-state index in [0.29, 0.717) is 23.2 Å². The first-order valence-corrected chi connectivity index (χ1v) is 20.6. The zero-order valence-electron chi connectivity index (χ0n) is 33.4. The lowest BCUT2D eigenvalue weighted by Gasteiger charge is -2.16. The van der Waals surface area contributed by atoms with Crippen LogP contribution in [-0.4, -0.2) is 19.9 Å². The van der Waals surface area contributed by atoms with Crippen molar-refractivity contribution in [3.05, 3.63) is 224 Å². The van der Waals surface area contributed by atoms with E-state index >= 15 is 0 Å². The Morgan fingerprint density at radius 2 is 0.774 bits per heavy atom. The van der Waals surface area contributed by atoms with E-state index in [1.54, 1.807) is 0 Å². The minimum atomic E-state index is 0.608. The van der Waals surface area contributed by atoms with Crippen LogP contribution in [0.2, 0.25) is 0 Å². The third-order valence-electron chi connectivity index (χ3n) is 11.6. The molecule has 0 atom stereocenters. The van der Waals surface area contributed by atoms with Gasteiger partial charge in [0.2, 0.25) is 0 Å². The Bertz CT molecular complexity index is 3500. The lowest BCUT2D eigenvalue weighted by Crippen LogP contribution is -2.00. The van der Waals surface area contributed by atoms with E-state index in [1.807, 2.05) is 72.9 Å². The molecule has 0 aliphatic heterocycles. The lowest BCUT2D eigenvalue weighted by molar-refractivity contribution is 1.07. The van der Waals surface area contributed by atoms with E-state index in [9.17, 15) is 0 Å². The number of aromatic nitrogens is 4. The number of rotatable bonds is 7. The molecule has 11 rings (SSSR count). The first-order valence-electron chi connectivity index (χ1n) is 20.6. The average Bonchev–Trinajstić information content (AvgIpc) is 3.36. The SMILES string of the molecule is [C-]#[N+]c1ccc(-c2ccc(-c3cc4c5ccccc5c(-c5cccc(-c6nc(-c7ccccc7)nc(-c7cccc(-c8ccccc8)c7)n6)c5)cc4c4cccnc34)cc2)cc1. The summed E-state index contributed by atoms with van der Waals surface area (Å²) in [5.74, 6) is 1.85. The molecule has 0 bridgehead atoms. The molecule has 0 spiro atoms. The second kappa shape index (κ2) is 15.5. The fraction of sp³-hybridized carbons (Fsp3) is 0. The molecule has 62 heavy (non-hydrogen) atoms. The maximum absolute atomic E-state index is 7.31. The Balaban J connectivity index is 1.04. The Morgan fingerprint density at radius 1 is 0.306 bits per heavy atom. The molecule has 5 nitrogen and oxygen atoms in total. The van der Waals surface area contributed by atoms with Gasteiger partial charge in [-0.3, -0.25) is 4.98 Å². The van der Waals surface area contributed by atoms with Crippen molar-refractivity contribution >= 4 is 38.1 Å². The predicted molar refractivity (Wildman–Crippen MR) is 254 cm³/mol. The molecule has 2 aromatic heterocycles. The number of benzene rings is 9. The molecule has 2 heterocycles. The number of nitrogens with zero attached hydrogens (tertiary/aromatic N) is 5. The summed E-state index contributed by atoms with van der Waals surface area (Å²) in [6, 6.07) is 71.3. The first-order chi connectivity index (χ1) is 30.7. The van der Waals surface area contributed by atoms with Crippen LogP contribution in [0, 0.1) is 6.57 Å². The molecule has 0 fully saturated rings. The topological polar surface area (TPSA) is 55.9 Å². The molecule has 0 unspecified atom stereocenters. The highest BCUT2D eigenvalue weighted by molar-refractivity contribution is 6.23. The van der Waals surface area contributed by atoms with E-state index < -0.39 is 0 Å². The van der Waals surface area contributed by atoms with Gasteiger partial charge in [0.05, 0.1) is 12.1 Å². The van der Waals surface area contributed by atoms with Gasteiger partial charge in [0.25, 0.3) is 0 Å². The molecule has 288 valence electrons. The van der Waals surface area contributed by atoms with Crippen molar-refractivity contribution in [1.29, 1.82) is 0 Å². The third-order valence-corrected chi connectivity index (χ3v) is 11.6. The number of hydrogen-bond donors (Lipinski definition) is 0. The molecule has 5 heteroatoms. The van der Waals surface area contributed by atoms with E-state index in [4.69, 9.17) is 26.5 Å². The van der Waals surface area contributed by atoms with Gasteiger partial charge < -0.3 is 0 Å². The summed E-state index contributed by atoms with van der Waals surface area (Å²) in [6.07, 6.45) is 1.88. The summed E-state index contributed by atoms with van der Waals surface area (Å²) in [7, 11) is 0. The van der Waals surface area contributed by atoms with Gasteiger partial charge >= 0.3 is 0 Å². The summed E-state index contributed by atoms with van der Waals surface area (Å²) < 4.78 is 0. The molecule has 9 aromatic carbocycles. The van der Waals surface area contributed by atoms with Gasteiger partial charge in [0, 0.05) is 33.8 Å². The van der Waals surface area contributed by atoms with Gasteiger partial charge in [-0.15, -0.1) is 0 Å². The molecule has 0 radical (unpaired) electrons. The minimum Gasteiger partial charge on any atom is -0.256 e. The maximum atomic E-state index is 7.31. The van der Waals surface area contributed by atoms with Crippen molar-refractivity contribution in [2.45, 2.75) is 0 Å². The summed E-state index contributed by atoms with van der Waals surface area (Å²) in [6.45, 7) is 7.31. The largest absolute Gasteiger partial charge is 0.256 e. The van der Waals surface area contributed by atoms with Crippen LogP contribution in [0.4, 0.5) is 5.69 Å². The van der Waals surface area contributed by atoms with Gasteiger partial charge in [-0.1, -0.05) is 176 Å². The molecule has 0 aliphatic rings. The molecule has 0 N–H and O–H groups in total. The normalized spacial score (nSPS) is 11.2. The summed E-state index contributed by atoms with van der Waals surface area (Å²) >= 11 is 0. The summed E-state index contributed by atoms with van der Waals surface area (Å²) in [5, 5.41) is 5.72. The first kappa shape index (κ1) is 36.5. The number of fused-ring (bicyclic) bond motifs is 5. The Hall–Kier alpha value is -8.59. The van der Waals surface area contributed by atoms with Gasteiger partial charge in [-0.2, -0.15) is 0 Å². The van der Waals surface area contributed by atoms with Crippen molar-refractivity contribution in [1.82, 2.24) is 19.9 Å². The lowest BCUT2D eigenvalue weighted by atomic mass is 9.88. The van der Waals surface area contributed by atoms with Crippen LogP contribution in [0.3, 0.4) is 0 Å². The third kappa shape index (κ3) is 6.72. The molecule has 0 saturated heterocycles. The van der Waals surface area contributed by atoms with Crippen LogP contribution >= 0.6 is 0 Å². The van der Waals surface area contributed by atoms with Crippen LogP contribution in [0.1, 0.15) is 0 Å². The fourth-order valence-electron chi connectivity index (χ4n) is 8.50. The van der Waals surface area contributed by atoms with Crippen LogP contribution in [0.5, 0.6) is 0 Å². The Morgan fingerprint density at radius 3 is 1.45 bits per heavy atom. The van der Waals surface area contributed by atoms with Crippen molar-refractivity contribution in [2.24, 2.45) is 0 Å². The van der Waals surface area contributed by atoms with Crippen LogP contribution in [0.15, 0.2) is 212 Å². The number of pyridine rings is 1. The second-order valence-corrected chi connectivity index (χ2v) is 15.3. The van der Waals surface area contributed by atoms with Gasteiger partial charge in [0.1, 0.15) is 0 Å². The van der Waals surface area contributed by atoms with E-state index in [1.165, 1.54) is 10.8 Å². The molecular formula is C57H35N5. The molecule has 0 saturated carbocycles. The quantitative estimate of drug-likeness (QED) is 0.119. The van der Waals surface area contributed by atoms with Gasteiger partial charge in [0.15, 0.2) is 23.2 Å². The minimum absolute atomic E-state index is 0.608. The van der Waals surface area contributed by atoms with E-state index in [2.05, 4.69) is 144 Å². The monoisotopic (exact) mass is 789 g/mol. The Kier molecular flexibility index (Phi) is 9.15. The number of hydrogen-bond acceptors (Lipinski definition) is 4. The highest BCUT2D eigenvalue weighted by Gasteiger charge is 2.18.